The molecule has 1 aliphatic rings. The first-order valence-electron chi connectivity index (χ1n) is 5.42. The molecule has 0 fully saturated rings. The molecule has 0 saturated heterocycles. The standard InChI is InChI=1S/C12H16N2O2/c1-15-16-9-11-5-2-6-12(14-11)10-4-3-7-13-8-10/h2,4-6,13H,3,7-9H2,1H3. The lowest BCUT2D eigenvalue weighted by atomic mass is 10.1. The molecule has 0 spiro atoms. The van der Waals surface area contributed by atoms with Gasteiger partial charge in [0, 0.05) is 6.54 Å². The summed E-state index contributed by atoms with van der Waals surface area (Å²) in [5.41, 5.74) is 3.15. The lowest BCUT2D eigenvalue weighted by Gasteiger charge is -2.14. The lowest BCUT2D eigenvalue weighted by molar-refractivity contribution is -0.282. The normalized spacial score (nSPS) is 15.9. The van der Waals surface area contributed by atoms with Crippen molar-refractivity contribution in [2.75, 3.05) is 20.2 Å². The molecule has 0 radical (unpaired) electrons. The van der Waals surface area contributed by atoms with E-state index >= 15 is 0 Å². The van der Waals surface area contributed by atoms with Crippen LogP contribution >= 0.6 is 0 Å². The smallest absolute Gasteiger partial charge is 0.124 e. The minimum atomic E-state index is 0.380. The summed E-state index contributed by atoms with van der Waals surface area (Å²) in [5.74, 6) is 0. The Kier molecular flexibility index (Phi) is 4.04. The second-order valence-electron chi connectivity index (χ2n) is 3.64. The van der Waals surface area contributed by atoms with Crippen LogP contribution in [-0.4, -0.2) is 25.2 Å². The van der Waals surface area contributed by atoms with Gasteiger partial charge in [-0.15, -0.1) is 0 Å². The molecule has 1 aromatic rings. The van der Waals surface area contributed by atoms with Gasteiger partial charge < -0.3 is 5.32 Å². The highest BCUT2D eigenvalue weighted by atomic mass is 17.2. The first-order valence-corrected chi connectivity index (χ1v) is 5.42. The van der Waals surface area contributed by atoms with Crippen molar-refractivity contribution in [1.29, 1.82) is 0 Å². The van der Waals surface area contributed by atoms with Crippen LogP contribution in [0.15, 0.2) is 24.3 Å². The maximum atomic E-state index is 4.86. The number of hydrogen-bond acceptors (Lipinski definition) is 4. The van der Waals surface area contributed by atoms with Gasteiger partial charge in [-0.3, -0.25) is 4.98 Å². The van der Waals surface area contributed by atoms with Crippen molar-refractivity contribution in [3.63, 3.8) is 0 Å². The Labute approximate surface area is 95.2 Å². The molecule has 86 valence electrons. The third-order valence-corrected chi connectivity index (χ3v) is 2.49. The molecule has 1 aliphatic heterocycles. The highest BCUT2D eigenvalue weighted by Gasteiger charge is 2.07. The van der Waals surface area contributed by atoms with Crippen molar-refractivity contribution in [3.05, 3.63) is 35.7 Å². The molecule has 2 heterocycles. The Morgan fingerprint density at radius 1 is 1.44 bits per heavy atom. The summed E-state index contributed by atoms with van der Waals surface area (Å²) in [4.78, 5) is 13.9. The summed E-state index contributed by atoms with van der Waals surface area (Å²) in [5, 5.41) is 3.33. The van der Waals surface area contributed by atoms with Crippen molar-refractivity contribution < 1.29 is 9.78 Å². The van der Waals surface area contributed by atoms with Gasteiger partial charge >= 0.3 is 0 Å². The molecule has 4 heteroatoms. The maximum absolute atomic E-state index is 4.86. The molecule has 0 bridgehead atoms. The van der Waals surface area contributed by atoms with Gasteiger partial charge in [-0.1, -0.05) is 12.1 Å². The highest BCUT2D eigenvalue weighted by Crippen LogP contribution is 2.15. The number of aromatic nitrogens is 1. The topological polar surface area (TPSA) is 43.4 Å². The van der Waals surface area contributed by atoms with E-state index in [1.165, 1.54) is 12.7 Å². The number of nitrogens with one attached hydrogen (secondary N) is 1. The number of rotatable bonds is 4. The van der Waals surface area contributed by atoms with Crippen LogP contribution in [0.5, 0.6) is 0 Å². The Bertz CT molecular complexity index is 377. The number of nitrogens with zero attached hydrogens (tertiary/aromatic N) is 1. The average Bonchev–Trinajstić information content (AvgIpc) is 2.38. The van der Waals surface area contributed by atoms with Crippen molar-refractivity contribution in [1.82, 2.24) is 10.3 Å². The molecular weight excluding hydrogens is 204 g/mol. The van der Waals surface area contributed by atoms with Gasteiger partial charge in [0.2, 0.25) is 0 Å². The largest absolute Gasteiger partial charge is 0.312 e. The molecule has 0 atom stereocenters. The maximum Gasteiger partial charge on any atom is 0.124 e. The third kappa shape index (κ3) is 2.88. The van der Waals surface area contributed by atoms with Gasteiger partial charge in [0.25, 0.3) is 0 Å². The van der Waals surface area contributed by atoms with E-state index in [-0.39, 0.29) is 0 Å². The zero-order chi connectivity index (χ0) is 11.2. The molecule has 0 unspecified atom stereocenters. The third-order valence-electron chi connectivity index (χ3n) is 2.49. The van der Waals surface area contributed by atoms with Crippen LogP contribution in [0.2, 0.25) is 0 Å². The van der Waals surface area contributed by atoms with E-state index in [2.05, 4.69) is 21.3 Å². The van der Waals surface area contributed by atoms with E-state index in [4.69, 9.17) is 4.89 Å². The summed E-state index contributed by atoms with van der Waals surface area (Å²) in [7, 11) is 1.50. The van der Waals surface area contributed by atoms with Crippen LogP contribution in [0.1, 0.15) is 17.8 Å². The Morgan fingerprint density at radius 2 is 2.38 bits per heavy atom. The van der Waals surface area contributed by atoms with Gasteiger partial charge in [0.15, 0.2) is 0 Å². The number of hydrogen-bond donors (Lipinski definition) is 1. The van der Waals surface area contributed by atoms with Crippen LogP contribution < -0.4 is 5.32 Å². The molecule has 2 rings (SSSR count). The zero-order valence-electron chi connectivity index (χ0n) is 9.40. The Balaban J connectivity index is 2.11. The minimum Gasteiger partial charge on any atom is -0.312 e. The highest BCUT2D eigenvalue weighted by molar-refractivity contribution is 5.64. The van der Waals surface area contributed by atoms with Crippen LogP contribution in [0.4, 0.5) is 0 Å². The summed E-state index contributed by atoms with van der Waals surface area (Å²) in [6.07, 6.45) is 3.30. The summed E-state index contributed by atoms with van der Waals surface area (Å²) in [6.45, 7) is 2.32. The van der Waals surface area contributed by atoms with Crippen LogP contribution in [0, 0.1) is 0 Å². The molecule has 0 aliphatic carbocycles. The van der Waals surface area contributed by atoms with E-state index in [0.717, 1.165) is 30.9 Å². The zero-order valence-corrected chi connectivity index (χ0v) is 9.40. The molecule has 4 nitrogen and oxygen atoms in total. The van der Waals surface area contributed by atoms with Crippen LogP contribution in [0.25, 0.3) is 5.57 Å². The van der Waals surface area contributed by atoms with Gasteiger partial charge in [-0.2, -0.15) is 0 Å². The van der Waals surface area contributed by atoms with Crippen LogP contribution in [0.3, 0.4) is 0 Å². The van der Waals surface area contributed by atoms with Crippen molar-refractivity contribution in [3.8, 4) is 0 Å². The SMILES string of the molecule is COOCc1cccc(C2=CCCNC2)n1. The predicted octanol–water partition coefficient (Wildman–Crippen LogP) is 1.54. The fourth-order valence-corrected chi connectivity index (χ4v) is 1.70. The van der Waals surface area contributed by atoms with Crippen molar-refractivity contribution in [2.24, 2.45) is 0 Å². The molecule has 0 aromatic carbocycles. The molecule has 0 amide bonds. The molecule has 0 saturated carbocycles. The average molecular weight is 220 g/mol. The van der Waals surface area contributed by atoms with E-state index < -0.39 is 0 Å². The molecule has 1 aromatic heterocycles. The number of pyridine rings is 1. The van der Waals surface area contributed by atoms with E-state index in [0.29, 0.717) is 6.61 Å². The summed E-state index contributed by atoms with van der Waals surface area (Å²) in [6, 6.07) is 5.95. The van der Waals surface area contributed by atoms with Gasteiger partial charge in [-0.05, 0) is 30.7 Å². The second-order valence-corrected chi connectivity index (χ2v) is 3.64. The van der Waals surface area contributed by atoms with Gasteiger partial charge in [-0.25, -0.2) is 9.78 Å². The van der Waals surface area contributed by atoms with E-state index in [1.54, 1.807) is 0 Å². The van der Waals surface area contributed by atoms with E-state index in [1.807, 2.05) is 18.2 Å². The Hall–Kier alpha value is -1.23. The monoisotopic (exact) mass is 220 g/mol. The molecular formula is C12H16N2O2. The van der Waals surface area contributed by atoms with Crippen molar-refractivity contribution >= 4 is 5.57 Å². The lowest BCUT2D eigenvalue weighted by Crippen LogP contribution is -2.22. The van der Waals surface area contributed by atoms with Crippen molar-refractivity contribution in [2.45, 2.75) is 13.0 Å². The fraction of sp³-hybridized carbons (Fsp3) is 0.417. The second kappa shape index (κ2) is 5.75. The molecule has 16 heavy (non-hydrogen) atoms. The fourth-order valence-electron chi connectivity index (χ4n) is 1.70. The van der Waals surface area contributed by atoms with Crippen LogP contribution in [-0.2, 0) is 16.4 Å². The quantitative estimate of drug-likeness (QED) is 0.617. The summed E-state index contributed by atoms with van der Waals surface area (Å²) >= 11 is 0. The predicted molar refractivity (Wildman–Crippen MR) is 61.5 cm³/mol. The van der Waals surface area contributed by atoms with Gasteiger partial charge in [0.1, 0.15) is 6.61 Å². The summed E-state index contributed by atoms with van der Waals surface area (Å²) < 4.78 is 0. The molecule has 1 N–H and O–H groups in total. The minimum absolute atomic E-state index is 0.380. The first-order chi connectivity index (χ1) is 7.90. The van der Waals surface area contributed by atoms with E-state index in [9.17, 15) is 0 Å². The van der Waals surface area contributed by atoms with Gasteiger partial charge in [0.05, 0.1) is 18.5 Å². The Morgan fingerprint density at radius 3 is 3.12 bits per heavy atom. The first kappa shape index (κ1) is 11.3.